The van der Waals surface area contributed by atoms with Gasteiger partial charge in [0.15, 0.2) is 0 Å². The number of carbonyl (C=O) groups is 1. The number of amides is 1. The first-order chi connectivity index (χ1) is 7.40. The fourth-order valence-electron chi connectivity index (χ4n) is 0.960. The van der Waals surface area contributed by atoms with Crippen LogP contribution in [0.1, 0.15) is 20.3 Å². The first-order valence-electron chi connectivity index (χ1n) is 5.42. The van der Waals surface area contributed by atoms with Gasteiger partial charge >= 0.3 is 0 Å². The number of nitrogens with one attached hydrogen (secondary N) is 2. The SMILES string of the molecule is CN(C)C(C)(C)CNCC(=O)NCCC#N. The topological polar surface area (TPSA) is 68.2 Å². The molecule has 0 spiro atoms. The number of rotatable bonds is 7. The van der Waals surface area contributed by atoms with Crippen molar-refractivity contribution in [1.82, 2.24) is 15.5 Å². The lowest BCUT2D eigenvalue weighted by atomic mass is 10.0. The summed E-state index contributed by atoms with van der Waals surface area (Å²) in [6.07, 6.45) is 0.356. The molecule has 16 heavy (non-hydrogen) atoms. The molecule has 2 N–H and O–H groups in total. The first kappa shape index (κ1) is 14.9. The Morgan fingerprint density at radius 3 is 2.56 bits per heavy atom. The quantitative estimate of drug-likeness (QED) is 0.597. The van der Waals surface area contributed by atoms with Crippen LogP contribution in [0.4, 0.5) is 0 Å². The van der Waals surface area contributed by atoms with E-state index in [0.29, 0.717) is 19.5 Å². The highest BCUT2D eigenvalue weighted by atomic mass is 16.1. The average molecular weight is 226 g/mol. The molecule has 0 atom stereocenters. The van der Waals surface area contributed by atoms with Crippen molar-refractivity contribution in [2.45, 2.75) is 25.8 Å². The van der Waals surface area contributed by atoms with Gasteiger partial charge in [0.1, 0.15) is 0 Å². The van der Waals surface area contributed by atoms with Crippen molar-refractivity contribution in [3.63, 3.8) is 0 Å². The molecule has 0 heterocycles. The van der Waals surface area contributed by atoms with Crippen LogP contribution in [0, 0.1) is 11.3 Å². The molecule has 0 aromatic rings. The molecule has 5 nitrogen and oxygen atoms in total. The van der Waals surface area contributed by atoms with Crippen molar-refractivity contribution in [3.8, 4) is 6.07 Å². The predicted octanol–water partition coefficient (Wildman–Crippen LogP) is -0.0539. The molecule has 0 aliphatic rings. The van der Waals surface area contributed by atoms with Crippen molar-refractivity contribution < 1.29 is 4.79 Å². The summed E-state index contributed by atoms with van der Waals surface area (Å²) in [5.74, 6) is -0.0650. The molecule has 1 amide bonds. The highest BCUT2D eigenvalue weighted by Crippen LogP contribution is 2.07. The zero-order valence-electron chi connectivity index (χ0n) is 10.6. The van der Waals surface area contributed by atoms with Gasteiger partial charge in [-0.1, -0.05) is 0 Å². The smallest absolute Gasteiger partial charge is 0.233 e. The Balaban J connectivity index is 3.66. The standard InChI is InChI=1S/C11H22N4O/c1-11(2,15(3)4)9-13-8-10(16)14-7-5-6-12/h13H,5,7-9H2,1-4H3,(H,14,16). The van der Waals surface area contributed by atoms with Gasteiger partial charge in [0, 0.05) is 18.6 Å². The lowest BCUT2D eigenvalue weighted by Gasteiger charge is -2.32. The van der Waals surface area contributed by atoms with Crippen LogP contribution in [0.5, 0.6) is 0 Å². The highest BCUT2D eigenvalue weighted by molar-refractivity contribution is 5.77. The Bertz CT molecular complexity index is 255. The third-order valence-corrected chi connectivity index (χ3v) is 2.61. The summed E-state index contributed by atoms with van der Waals surface area (Å²) in [4.78, 5) is 13.4. The van der Waals surface area contributed by atoms with E-state index in [1.165, 1.54) is 0 Å². The van der Waals surface area contributed by atoms with Crippen molar-refractivity contribution in [3.05, 3.63) is 0 Å². The number of nitrogens with zero attached hydrogens (tertiary/aromatic N) is 2. The normalized spacial score (nSPS) is 11.2. The number of hydrogen-bond donors (Lipinski definition) is 2. The third kappa shape index (κ3) is 6.38. The molecule has 0 aliphatic heterocycles. The molecule has 0 rings (SSSR count). The van der Waals surface area contributed by atoms with Gasteiger partial charge in [-0.25, -0.2) is 0 Å². The zero-order valence-corrected chi connectivity index (χ0v) is 10.6. The van der Waals surface area contributed by atoms with Crippen LogP contribution in [0.2, 0.25) is 0 Å². The van der Waals surface area contributed by atoms with Gasteiger partial charge in [0.2, 0.25) is 5.91 Å². The van der Waals surface area contributed by atoms with E-state index in [2.05, 4.69) is 29.4 Å². The Kier molecular flexibility index (Phi) is 6.70. The van der Waals surface area contributed by atoms with Crippen molar-refractivity contribution in [2.75, 3.05) is 33.7 Å². The molecule has 0 aromatic carbocycles. The lowest BCUT2D eigenvalue weighted by Crippen LogP contribution is -2.48. The summed E-state index contributed by atoms with van der Waals surface area (Å²) in [5, 5.41) is 14.1. The molecule has 0 fully saturated rings. The molecule has 0 saturated heterocycles. The van der Waals surface area contributed by atoms with E-state index in [1.54, 1.807) is 0 Å². The Hall–Kier alpha value is -1.12. The van der Waals surface area contributed by atoms with E-state index in [4.69, 9.17) is 5.26 Å². The fraction of sp³-hybridized carbons (Fsp3) is 0.818. The summed E-state index contributed by atoms with van der Waals surface area (Å²) >= 11 is 0. The monoisotopic (exact) mass is 226 g/mol. The second kappa shape index (κ2) is 7.20. The summed E-state index contributed by atoms with van der Waals surface area (Å²) < 4.78 is 0. The van der Waals surface area contributed by atoms with E-state index < -0.39 is 0 Å². The summed E-state index contributed by atoms with van der Waals surface area (Å²) in [7, 11) is 4.02. The molecular weight excluding hydrogens is 204 g/mol. The molecular formula is C11H22N4O. The van der Waals surface area contributed by atoms with Crippen LogP contribution < -0.4 is 10.6 Å². The average Bonchev–Trinajstić information content (AvgIpc) is 2.17. The zero-order chi connectivity index (χ0) is 12.6. The Morgan fingerprint density at radius 2 is 2.06 bits per heavy atom. The minimum absolute atomic E-state index is 0.0208. The molecule has 0 saturated carbocycles. The van der Waals surface area contributed by atoms with E-state index in [9.17, 15) is 4.79 Å². The minimum Gasteiger partial charge on any atom is -0.354 e. The van der Waals surface area contributed by atoms with Crippen LogP contribution in [-0.2, 0) is 4.79 Å². The van der Waals surface area contributed by atoms with Gasteiger partial charge in [-0.2, -0.15) is 5.26 Å². The van der Waals surface area contributed by atoms with E-state index in [-0.39, 0.29) is 11.4 Å². The maximum Gasteiger partial charge on any atom is 0.233 e. The second-order valence-electron chi connectivity index (χ2n) is 4.57. The van der Waals surface area contributed by atoms with Crippen molar-refractivity contribution in [1.29, 1.82) is 5.26 Å². The molecule has 0 aromatic heterocycles. The maximum absolute atomic E-state index is 11.3. The first-order valence-corrected chi connectivity index (χ1v) is 5.42. The maximum atomic E-state index is 11.3. The van der Waals surface area contributed by atoms with Gasteiger partial charge in [-0.15, -0.1) is 0 Å². The van der Waals surface area contributed by atoms with Crippen molar-refractivity contribution >= 4 is 5.91 Å². The van der Waals surface area contributed by atoms with Crippen LogP contribution >= 0.6 is 0 Å². The lowest BCUT2D eigenvalue weighted by molar-refractivity contribution is -0.120. The highest BCUT2D eigenvalue weighted by Gasteiger charge is 2.19. The van der Waals surface area contributed by atoms with Crippen LogP contribution in [0.15, 0.2) is 0 Å². The summed E-state index contributed by atoms with van der Waals surface area (Å²) in [6, 6.07) is 1.98. The third-order valence-electron chi connectivity index (χ3n) is 2.61. The fourth-order valence-corrected chi connectivity index (χ4v) is 0.960. The minimum atomic E-state index is -0.0650. The molecule has 92 valence electrons. The molecule has 5 heteroatoms. The molecule has 0 aliphatic carbocycles. The van der Waals surface area contributed by atoms with E-state index >= 15 is 0 Å². The van der Waals surface area contributed by atoms with Gasteiger partial charge in [-0.3, -0.25) is 4.79 Å². The van der Waals surface area contributed by atoms with Crippen LogP contribution in [0.25, 0.3) is 0 Å². The summed E-state index contributed by atoms with van der Waals surface area (Å²) in [6.45, 7) is 5.67. The van der Waals surface area contributed by atoms with Gasteiger partial charge in [-0.05, 0) is 27.9 Å². The van der Waals surface area contributed by atoms with E-state index in [1.807, 2.05) is 20.2 Å². The van der Waals surface area contributed by atoms with Gasteiger partial charge in [0.05, 0.1) is 19.0 Å². The number of nitriles is 1. The predicted molar refractivity (Wildman–Crippen MR) is 63.9 cm³/mol. The molecule has 0 bridgehead atoms. The van der Waals surface area contributed by atoms with Crippen LogP contribution in [-0.4, -0.2) is 50.1 Å². The number of carbonyl (C=O) groups excluding carboxylic acids is 1. The summed E-state index contributed by atoms with van der Waals surface area (Å²) in [5.41, 5.74) is 0.0208. The van der Waals surface area contributed by atoms with Gasteiger partial charge in [0.25, 0.3) is 0 Å². The molecule has 0 radical (unpaired) electrons. The number of hydrogen-bond acceptors (Lipinski definition) is 4. The molecule has 0 unspecified atom stereocenters. The van der Waals surface area contributed by atoms with Crippen molar-refractivity contribution in [2.24, 2.45) is 0 Å². The van der Waals surface area contributed by atoms with Crippen LogP contribution in [0.3, 0.4) is 0 Å². The van der Waals surface area contributed by atoms with Gasteiger partial charge < -0.3 is 15.5 Å². The largest absolute Gasteiger partial charge is 0.354 e. The Morgan fingerprint density at radius 1 is 1.44 bits per heavy atom. The van der Waals surface area contributed by atoms with E-state index in [0.717, 1.165) is 6.54 Å². The second-order valence-corrected chi connectivity index (χ2v) is 4.57. The number of likely N-dealkylation sites (N-methyl/N-ethyl adjacent to an activating group) is 1. The Labute approximate surface area is 97.8 Å².